The van der Waals surface area contributed by atoms with Crippen LogP contribution in [-0.2, 0) is 6.18 Å². The number of hydrogen-bond acceptors (Lipinski definition) is 3. The molecule has 0 aliphatic carbocycles. The Morgan fingerprint density at radius 3 is 2.32 bits per heavy atom. The van der Waals surface area contributed by atoms with Crippen molar-refractivity contribution in [2.45, 2.75) is 6.18 Å². The lowest BCUT2D eigenvalue weighted by Gasteiger charge is -2.13. The summed E-state index contributed by atoms with van der Waals surface area (Å²) < 4.78 is 43.5. The van der Waals surface area contributed by atoms with Gasteiger partial charge in [-0.3, -0.25) is 0 Å². The molecule has 0 atom stereocenters. The largest absolute Gasteiger partial charge is 0.508 e. The zero-order valence-electron chi connectivity index (χ0n) is 9.28. The number of pyridine rings is 1. The Balaban J connectivity index is 2.40. The van der Waals surface area contributed by atoms with E-state index in [-0.39, 0.29) is 11.5 Å². The van der Waals surface area contributed by atoms with Crippen molar-refractivity contribution in [1.82, 2.24) is 4.98 Å². The predicted octanol–water partition coefficient (Wildman–Crippen LogP) is 4.25. The number of ether oxygens (including phenoxy) is 1. The fourth-order valence-electron chi connectivity index (χ4n) is 1.38. The van der Waals surface area contributed by atoms with E-state index in [1.165, 1.54) is 24.3 Å². The van der Waals surface area contributed by atoms with Crippen LogP contribution in [0.1, 0.15) is 5.56 Å². The van der Waals surface area contributed by atoms with Crippen LogP contribution in [-0.4, -0.2) is 10.1 Å². The average molecular weight is 290 g/mol. The number of hydrogen-bond donors (Lipinski definition) is 1. The Morgan fingerprint density at radius 2 is 1.74 bits per heavy atom. The maximum Gasteiger partial charge on any atom is 0.423 e. The van der Waals surface area contributed by atoms with Crippen LogP contribution >= 0.6 is 11.6 Å². The highest BCUT2D eigenvalue weighted by Crippen LogP contribution is 2.41. The first kappa shape index (κ1) is 13.5. The number of phenols is 1. The maximum absolute atomic E-state index is 12.8. The summed E-state index contributed by atoms with van der Waals surface area (Å²) in [5.41, 5.74) is -1.13. The summed E-state index contributed by atoms with van der Waals surface area (Å²) in [4.78, 5) is 3.53. The number of aromatic nitrogens is 1. The number of phenolic OH excluding ortho intramolecular Hbond substituents is 1. The minimum Gasteiger partial charge on any atom is -0.508 e. The molecule has 1 aromatic carbocycles. The molecule has 0 saturated carbocycles. The smallest absolute Gasteiger partial charge is 0.423 e. The second-order valence-corrected chi connectivity index (χ2v) is 3.97. The van der Waals surface area contributed by atoms with E-state index in [0.29, 0.717) is 0 Å². The van der Waals surface area contributed by atoms with Crippen LogP contribution in [0.5, 0.6) is 17.4 Å². The highest BCUT2D eigenvalue weighted by molar-refractivity contribution is 6.31. The summed E-state index contributed by atoms with van der Waals surface area (Å²) in [6.07, 6.45) is -3.55. The molecule has 0 fully saturated rings. The summed E-state index contributed by atoms with van der Waals surface area (Å²) in [5, 5.41) is 8.59. The first-order valence-electron chi connectivity index (χ1n) is 5.06. The van der Waals surface area contributed by atoms with Gasteiger partial charge < -0.3 is 9.84 Å². The van der Waals surface area contributed by atoms with Gasteiger partial charge >= 0.3 is 6.18 Å². The van der Waals surface area contributed by atoms with Crippen molar-refractivity contribution in [3.05, 3.63) is 47.1 Å². The number of rotatable bonds is 2. The number of alkyl halides is 3. The topological polar surface area (TPSA) is 42.4 Å². The molecule has 0 unspecified atom stereocenters. The van der Waals surface area contributed by atoms with Crippen molar-refractivity contribution in [3.63, 3.8) is 0 Å². The van der Waals surface area contributed by atoms with Crippen molar-refractivity contribution < 1.29 is 23.0 Å². The second-order valence-electron chi connectivity index (χ2n) is 3.57. The third-order valence-corrected chi connectivity index (χ3v) is 2.52. The molecule has 2 rings (SSSR count). The molecule has 3 nitrogen and oxygen atoms in total. The monoisotopic (exact) mass is 289 g/mol. The second kappa shape index (κ2) is 4.97. The van der Waals surface area contributed by atoms with Crippen LogP contribution in [0.15, 0.2) is 36.5 Å². The molecule has 0 radical (unpaired) electrons. The van der Waals surface area contributed by atoms with Crippen LogP contribution in [0.3, 0.4) is 0 Å². The van der Waals surface area contributed by atoms with Crippen LogP contribution in [0, 0.1) is 0 Å². The van der Waals surface area contributed by atoms with Gasteiger partial charge in [-0.25, -0.2) is 4.98 Å². The lowest BCUT2D eigenvalue weighted by Crippen LogP contribution is -2.09. The summed E-state index contributed by atoms with van der Waals surface area (Å²) in [7, 11) is 0. The normalized spacial score (nSPS) is 11.4. The van der Waals surface area contributed by atoms with E-state index in [2.05, 4.69) is 4.98 Å². The van der Waals surface area contributed by atoms with Gasteiger partial charge in [-0.2, -0.15) is 13.2 Å². The molecule has 100 valence electrons. The molecule has 1 aromatic heterocycles. The van der Waals surface area contributed by atoms with Crippen LogP contribution in [0.2, 0.25) is 5.02 Å². The van der Waals surface area contributed by atoms with E-state index in [9.17, 15) is 13.2 Å². The Kier molecular flexibility index (Phi) is 3.53. The van der Waals surface area contributed by atoms with Crippen LogP contribution < -0.4 is 4.74 Å². The number of aromatic hydroxyl groups is 1. The molecule has 19 heavy (non-hydrogen) atoms. The molecular formula is C12H7ClF3NO2. The lowest BCUT2D eigenvalue weighted by atomic mass is 10.2. The predicted molar refractivity (Wildman–Crippen MR) is 62.4 cm³/mol. The minimum absolute atomic E-state index is 0.0255. The Morgan fingerprint density at radius 1 is 1.11 bits per heavy atom. The Hall–Kier alpha value is -1.95. The summed E-state index contributed by atoms with van der Waals surface area (Å²) in [6, 6.07) is 6.24. The van der Waals surface area contributed by atoms with Crippen molar-refractivity contribution in [3.8, 4) is 17.4 Å². The molecule has 0 aliphatic heterocycles. The standard InChI is InChI=1S/C12H7ClF3NO2/c13-9-5-6-17-11(10(9)12(14,15)16)19-8-3-1-7(18)2-4-8/h1-6,18H. The third-order valence-electron chi connectivity index (χ3n) is 2.20. The maximum atomic E-state index is 12.8. The molecule has 0 saturated heterocycles. The average Bonchev–Trinajstić information content (AvgIpc) is 2.30. The zero-order valence-corrected chi connectivity index (χ0v) is 10.0. The molecule has 1 N–H and O–H groups in total. The molecule has 0 aliphatic rings. The van der Waals surface area contributed by atoms with E-state index >= 15 is 0 Å². The highest BCUT2D eigenvalue weighted by atomic mass is 35.5. The SMILES string of the molecule is Oc1ccc(Oc2nccc(Cl)c2C(F)(F)F)cc1. The van der Waals surface area contributed by atoms with Gasteiger partial charge in [-0.05, 0) is 30.3 Å². The minimum atomic E-state index is -4.67. The first-order valence-corrected chi connectivity index (χ1v) is 5.44. The van der Waals surface area contributed by atoms with Gasteiger partial charge in [0.25, 0.3) is 0 Å². The van der Waals surface area contributed by atoms with Gasteiger partial charge in [0.2, 0.25) is 5.88 Å². The fraction of sp³-hybridized carbons (Fsp3) is 0.0833. The summed E-state index contributed by atoms with van der Waals surface area (Å²) in [5.74, 6) is -0.550. The molecule has 0 bridgehead atoms. The number of nitrogens with zero attached hydrogens (tertiary/aromatic N) is 1. The molecule has 0 spiro atoms. The van der Waals surface area contributed by atoms with Crippen molar-refractivity contribution >= 4 is 11.6 Å². The van der Waals surface area contributed by atoms with Crippen molar-refractivity contribution in [2.75, 3.05) is 0 Å². The van der Waals surface area contributed by atoms with Gasteiger partial charge in [0.05, 0.1) is 5.02 Å². The lowest BCUT2D eigenvalue weighted by molar-refractivity contribution is -0.138. The van der Waals surface area contributed by atoms with Crippen LogP contribution in [0.25, 0.3) is 0 Å². The van der Waals surface area contributed by atoms with E-state index in [1.54, 1.807) is 0 Å². The fourth-order valence-corrected chi connectivity index (χ4v) is 1.62. The molecule has 0 amide bonds. The summed E-state index contributed by atoms with van der Waals surface area (Å²) >= 11 is 5.53. The van der Waals surface area contributed by atoms with Crippen molar-refractivity contribution in [2.24, 2.45) is 0 Å². The molecule has 7 heteroatoms. The zero-order chi connectivity index (χ0) is 14.0. The number of halogens is 4. The molecule has 2 aromatic rings. The number of benzene rings is 1. The van der Waals surface area contributed by atoms with Crippen LogP contribution in [0.4, 0.5) is 13.2 Å². The van der Waals surface area contributed by atoms with E-state index in [4.69, 9.17) is 21.4 Å². The first-order chi connectivity index (χ1) is 8.88. The van der Waals surface area contributed by atoms with E-state index in [0.717, 1.165) is 12.3 Å². The van der Waals surface area contributed by atoms with Gasteiger partial charge in [0, 0.05) is 6.20 Å². The Labute approximate surface area is 111 Å². The van der Waals surface area contributed by atoms with E-state index < -0.39 is 22.6 Å². The van der Waals surface area contributed by atoms with E-state index in [1.807, 2.05) is 0 Å². The Bertz CT molecular complexity index is 585. The third kappa shape index (κ3) is 3.08. The quantitative estimate of drug-likeness (QED) is 0.898. The van der Waals surface area contributed by atoms with Crippen molar-refractivity contribution in [1.29, 1.82) is 0 Å². The van der Waals surface area contributed by atoms with Gasteiger partial charge in [0.1, 0.15) is 17.1 Å². The summed E-state index contributed by atoms with van der Waals surface area (Å²) in [6.45, 7) is 0. The molecule has 1 heterocycles. The highest BCUT2D eigenvalue weighted by Gasteiger charge is 2.38. The van der Waals surface area contributed by atoms with Gasteiger partial charge in [0.15, 0.2) is 0 Å². The molecular weight excluding hydrogens is 283 g/mol. The van der Waals surface area contributed by atoms with Gasteiger partial charge in [-0.15, -0.1) is 0 Å². The van der Waals surface area contributed by atoms with Gasteiger partial charge in [-0.1, -0.05) is 11.6 Å².